The third-order valence-corrected chi connectivity index (χ3v) is 3.27. The lowest BCUT2D eigenvalue weighted by atomic mass is 9.96. The van der Waals surface area contributed by atoms with Gasteiger partial charge in [0.1, 0.15) is 5.82 Å². The lowest BCUT2D eigenvalue weighted by molar-refractivity contribution is 0.145. The molecule has 2 aromatic rings. The molecule has 0 heterocycles. The topological polar surface area (TPSA) is 46.2 Å². The van der Waals surface area contributed by atoms with E-state index < -0.39 is 12.1 Å². The standard InChI is InChI=1S/C16H18FNO.ClH/c1-11-9-13(7-8-14(11)17)16(18)15(19)10-12-5-3-2-4-6-12;/h2-9,15-16,19H,10,18H2,1H3;1H/t15-,16+;/m1./s1. The molecule has 20 heavy (non-hydrogen) atoms. The molecule has 2 rings (SSSR count). The van der Waals surface area contributed by atoms with Crippen LogP contribution < -0.4 is 5.73 Å². The molecule has 3 N–H and O–H groups in total. The predicted octanol–water partition coefficient (Wildman–Crippen LogP) is 3.16. The Morgan fingerprint density at radius 1 is 1.15 bits per heavy atom. The highest BCUT2D eigenvalue weighted by atomic mass is 35.5. The number of hydrogen-bond acceptors (Lipinski definition) is 2. The van der Waals surface area contributed by atoms with Crippen molar-refractivity contribution in [1.82, 2.24) is 0 Å². The zero-order valence-electron chi connectivity index (χ0n) is 11.3. The number of hydrogen-bond donors (Lipinski definition) is 2. The van der Waals surface area contributed by atoms with Gasteiger partial charge in [0.05, 0.1) is 12.1 Å². The molecule has 0 amide bonds. The predicted molar refractivity (Wildman–Crippen MR) is 81.5 cm³/mol. The molecule has 2 aromatic carbocycles. The van der Waals surface area contributed by atoms with Gasteiger partial charge in [-0.05, 0) is 29.7 Å². The van der Waals surface area contributed by atoms with Crippen molar-refractivity contribution in [2.75, 3.05) is 0 Å². The molecule has 0 aliphatic carbocycles. The van der Waals surface area contributed by atoms with Gasteiger partial charge >= 0.3 is 0 Å². The minimum Gasteiger partial charge on any atom is -0.391 e. The summed E-state index contributed by atoms with van der Waals surface area (Å²) >= 11 is 0. The first-order chi connectivity index (χ1) is 9.08. The molecule has 0 aliphatic rings. The van der Waals surface area contributed by atoms with Crippen molar-refractivity contribution in [3.05, 3.63) is 71.0 Å². The quantitative estimate of drug-likeness (QED) is 0.910. The summed E-state index contributed by atoms with van der Waals surface area (Å²) in [6, 6.07) is 13.9. The Balaban J connectivity index is 0.00000200. The Labute approximate surface area is 124 Å². The number of aryl methyl sites for hydroxylation is 1. The molecule has 0 unspecified atom stereocenters. The van der Waals surface area contributed by atoms with Crippen molar-refractivity contribution in [2.24, 2.45) is 5.73 Å². The Morgan fingerprint density at radius 2 is 1.80 bits per heavy atom. The summed E-state index contributed by atoms with van der Waals surface area (Å²) in [5.74, 6) is -0.256. The normalized spacial score (nSPS) is 13.4. The Hall–Kier alpha value is -1.42. The third-order valence-electron chi connectivity index (χ3n) is 3.27. The summed E-state index contributed by atoms with van der Waals surface area (Å²) in [5, 5.41) is 10.2. The highest BCUT2D eigenvalue weighted by Crippen LogP contribution is 2.20. The highest BCUT2D eigenvalue weighted by molar-refractivity contribution is 5.85. The van der Waals surface area contributed by atoms with Gasteiger partial charge < -0.3 is 10.8 Å². The maximum absolute atomic E-state index is 13.2. The van der Waals surface area contributed by atoms with Crippen LogP contribution in [0.5, 0.6) is 0 Å². The van der Waals surface area contributed by atoms with E-state index in [1.54, 1.807) is 19.1 Å². The number of aliphatic hydroxyl groups excluding tert-OH is 1. The van der Waals surface area contributed by atoms with E-state index in [-0.39, 0.29) is 18.2 Å². The fourth-order valence-electron chi connectivity index (χ4n) is 2.08. The summed E-state index contributed by atoms with van der Waals surface area (Å²) in [5.41, 5.74) is 8.36. The van der Waals surface area contributed by atoms with Gasteiger partial charge in [-0.3, -0.25) is 0 Å². The molecule has 0 saturated heterocycles. The van der Waals surface area contributed by atoms with Crippen LogP contribution in [0.1, 0.15) is 22.7 Å². The Morgan fingerprint density at radius 3 is 2.40 bits per heavy atom. The maximum Gasteiger partial charge on any atom is 0.126 e. The molecule has 0 aliphatic heterocycles. The fourth-order valence-corrected chi connectivity index (χ4v) is 2.08. The van der Waals surface area contributed by atoms with Crippen molar-refractivity contribution >= 4 is 12.4 Å². The van der Waals surface area contributed by atoms with Crippen molar-refractivity contribution in [1.29, 1.82) is 0 Å². The Bertz CT molecular complexity index is 547. The minimum atomic E-state index is -0.688. The summed E-state index contributed by atoms with van der Waals surface area (Å²) in [7, 11) is 0. The number of benzene rings is 2. The highest BCUT2D eigenvalue weighted by Gasteiger charge is 2.17. The van der Waals surface area contributed by atoms with Gasteiger partial charge in [-0.15, -0.1) is 12.4 Å². The van der Waals surface area contributed by atoms with E-state index in [1.165, 1.54) is 6.07 Å². The minimum absolute atomic E-state index is 0. The van der Waals surface area contributed by atoms with Crippen molar-refractivity contribution in [3.8, 4) is 0 Å². The van der Waals surface area contributed by atoms with Crippen molar-refractivity contribution in [2.45, 2.75) is 25.5 Å². The monoisotopic (exact) mass is 295 g/mol. The maximum atomic E-state index is 13.2. The summed E-state index contributed by atoms with van der Waals surface area (Å²) in [4.78, 5) is 0. The molecule has 2 atom stereocenters. The first kappa shape index (κ1) is 16.6. The smallest absolute Gasteiger partial charge is 0.126 e. The molecule has 108 valence electrons. The molecule has 0 bridgehead atoms. The number of nitrogens with two attached hydrogens (primary N) is 1. The van der Waals surface area contributed by atoms with Gasteiger partial charge in [-0.1, -0.05) is 42.5 Å². The van der Waals surface area contributed by atoms with E-state index in [0.717, 1.165) is 11.1 Å². The van der Waals surface area contributed by atoms with Crippen LogP contribution in [-0.2, 0) is 6.42 Å². The molecule has 0 spiro atoms. The van der Waals surface area contributed by atoms with Crippen molar-refractivity contribution in [3.63, 3.8) is 0 Å². The van der Waals surface area contributed by atoms with Gasteiger partial charge in [0.15, 0.2) is 0 Å². The lowest BCUT2D eigenvalue weighted by Crippen LogP contribution is -2.28. The van der Waals surface area contributed by atoms with Crippen LogP contribution in [0.15, 0.2) is 48.5 Å². The lowest BCUT2D eigenvalue weighted by Gasteiger charge is -2.20. The molecular formula is C16H19ClFNO. The van der Waals surface area contributed by atoms with E-state index in [4.69, 9.17) is 5.73 Å². The molecule has 0 aromatic heterocycles. The second-order valence-corrected chi connectivity index (χ2v) is 4.79. The van der Waals surface area contributed by atoms with E-state index in [2.05, 4.69) is 0 Å². The van der Waals surface area contributed by atoms with Crippen LogP contribution >= 0.6 is 12.4 Å². The molecule has 0 fully saturated rings. The number of aliphatic hydroxyl groups is 1. The fraction of sp³-hybridized carbons (Fsp3) is 0.250. The SMILES string of the molecule is Cc1cc([C@H](N)[C@H](O)Cc2ccccc2)ccc1F.Cl. The van der Waals surface area contributed by atoms with Gasteiger partial charge in [0, 0.05) is 6.42 Å². The van der Waals surface area contributed by atoms with Gasteiger partial charge in [0.25, 0.3) is 0 Å². The van der Waals surface area contributed by atoms with Gasteiger partial charge in [0.2, 0.25) is 0 Å². The third kappa shape index (κ3) is 4.04. The summed E-state index contributed by atoms with van der Waals surface area (Å²) in [6.07, 6.45) is -0.203. The average Bonchev–Trinajstić information content (AvgIpc) is 2.42. The summed E-state index contributed by atoms with van der Waals surface area (Å²) < 4.78 is 13.2. The first-order valence-electron chi connectivity index (χ1n) is 6.31. The van der Waals surface area contributed by atoms with Crippen molar-refractivity contribution < 1.29 is 9.50 Å². The molecular weight excluding hydrogens is 277 g/mol. The second-order valence-electron chi connectivity index (χ2n) is 4.79. The zero-order valence-corrected chi connectivity index (χ0v) is 12.1. The van der Waals surface area contributed by atoms with E-state index in [9.17, 15) is 9.50 Å². The first-order valence-corrected chi connectivity index (χ1v) is 6.31. The average molecular weight is 296 g/mol. The Kier molecular flexibility index (Phi) is 6.14. The largest absolute Gasteiger partial charge is 0.391 e. The van der Waals surface area contributed by atoms with Gasteiger partial charge in [-0.25, -0.2) is 4.39 Å². The van der Waals surface area contributed by atoms with E-state index in [0.29, 0.717) is 12.0 Å². The molecule has 0 saturated carbocycles. The molecule has 2 nitrogen and oxygen atoms in total. The number of halogens is 2. The van der Waals surface area contributed by atoms with Gasteiger partial charge in [-0.2, -0.15) is 0 Å². The van der Waals surface area contributed by atoms with Crippen LogP contribution in [0.3, 0.4) is 0 Å². The van der Waals surface area contributed by atoms with Crippen LogP contribution in [-0.4, -0.2) is 11.2 Å². The summed E-state index contributed by atoms with van der Waals surface area (Å²) in [6.45, 7) is 1.69. The molecule has 4 heteroatoms. The van der Waals surface area contributed by atoms with Crippen LogP contribution in [0.25, 0.3) is 0 Å². The van der Waals surface area contributed by atoms with Crippen LogP contribution in [0.2, 0.25) is 0 Å². The number of rotatable bonds is 4. The van der Waals surface area contributed by atoms with E-state index in [1.807, 2.05) is 30.3 Å². The van der Waals surface area contributed by atoms with Crippen LogP contribution in [0, 0.1) is 12.7 Å². The van der Waals surface area contributed by atoms with Crippen LogP contribution in [0.4, 0.5) is 4.39 Å². The van der Waals surface area contributed by atoms with E-state index >= 15 is 0 Å². The molecule has 0 radical (unpaired) electrons. The second kappa shape index (κ2) is 7.39. The zero-order chi connectivity index (χ0) is 13.8.